The Balaban J connectivity index is 1.27. The lowest BCUT2D eigenvalue weighted by Gasteiger charge is -2.09. The third-order valence-electron chi connectivity index (χ3n) is 6.23. The molecule has 0 radical (unpaired) electrons. The zero-order valence-corrected chi connectivity index (χ0v) is 20.2. The van der Waals surface area contributed by atoms with E-state index in [2.05, 4.69) is 15.3 Å². The van der Waals surface area contributed by atoms with Crippen LogP contribution in [-0.4, -0.2) is 29.0 Å². The molecule has 2 aromatic heterocycles. The number of H-pyrrole nitrogens is 1. The van der Waals surface area contributed by atoms with Gasteiger partial charge in [0.1, 0.15) is 10.7 Å². The number of amides is 1. The SMILES string of the molecule is COC(=O)c1cccc(-c2cccc(NC(=O)CCc3nc4sc5c(c4c(=O)[nH]3)CCCC5)c2)c1. The van der Waals surface area contributed by atoms with E-state index in [1.54, 1.807) is 29.5 Å². The van der Waals surface area contributed by atoms with Gasteiger partial charge in [0, 0.05) is 23.4 Å². The fourth-order valence-electron chi connectivity index (χ4n) is 4.50. The van der Waals surface area contributed by atoms with Crippen LogP contribution >= 0.6 is 11.3 Å². The fourth-order valence-corrected chi connectivity index (χ4v) is 5.78. The molecule has 0 atom stereocenters. The molecule has 2 aromatic carbocycles. The zero-order chi connectivity index (χ0) is 24.4. The number of anilines is 1. The van der Waals surface area contributed by atoms with Crippen LogP contribution in [0.1, 0.15) is 45.9 Å². The Bertz CT molecular complexity index is 1490. The summed E-state index contributed by atoms with van der Waals surface area (Å²) in [6.07, 6.45) is 4.76. The summed E-state index contributed by atoms with van der Waals surface area (Å²) in [6, 6.07) is 14.6. The Hall–Kier alpha value is -3.78. The van der Waals surface area contributed by atoms with Gasteiger partial charge in [0.15, 0.2) is 0 Å². The highest BCUT2D eigenvalue weighted by Crippen LogP contribution is 2.33. The van der Waals surface area contributed by atoms with Gasteiger partial charge in [0.05, 0.1) is 18.1 Å². The van der Waals surface area contributed by atoms with Gasteiger partial charge in [-0.05, 0) is 66.6 Å². The molecule has 2 N–H and O–H groups in total. The molecule has 0 spiro atoms. The second-order valence-electron chi connectivity index (χ2n) is 8.61. The second kappa shape index (κ2) is 9.84. The van der Waals surface area contributed by atoms with Crippen molar-refractivity contribution in [1.82, 2.24) is 9.97 Å². The number of aromatic nitrogens is 2. The highest BCUT2D eigenvalue weighted by atomic mass is 32.1. The summed E-state index contributed by atoms with van der Waals surface area (Å²) < 4.78 is 4.80. The number of thiophene rings is 1. The summed E-state index contributed by atoms with van der Waals surface area (Å²) in [4.78, 5) is 46.8. The van der Waals surface area contributed by atoms with Crippen molar-refractivity contribution in [2.75, 3.05) is 12.4 Å². The van der Waals surface area contributed by atoms with Crippen molar-refractivity contribution in [3.05, 3.63) is 80.7 Å². The predicted molar refractivity (Wildman–Crippen MR) is 137 cm³/mol. The predicted octanol–water partition coefficient (Wildman–Crippen LogP) is 4.89. The number of ether oxygens (including phenoxy) is 1. The van der Waals surface area contributed by atoms with Gasteiger partial charge in [-0.3, -0.25) is 9.59 Å². The van der Waals surface area contributed by atoms with E-state index >= 15 is 0 Å². The number of esters is 1. The van der Waals surface area contributed by atoms with Crippen molar-refractivity contribution in [2.45, 2.75) is 38.5 Å². The summed E-state index contributed by atoms with van der Waals surface area (Å²) in [7, 11) is 1.35. The molecule has 1 amide bonds. The van der Waals surface area contributed by atoms with E-state index in [4.69, 9.17) is 4.74 Å². The molecule has 1 aliphatic rings. The molecular weight excluding hydrogens is 462 g/mol. The Morgan fingerprint density at radius 2 is 1.86 bits per heavy atom. The average molecular weight is 488 g/mol. The number of methoxy groups -OCH3 is 1. The fraction of sp³-hybridized carbons (Fsp3) is 0.259. The summed E-state index contributed by atoms with van der Waals surface area (Å²) in [5.74, 6) is -0.0350. The lowest BCUT2D eigenvalue weighted by Crippen LogP contribution is -2.16. The molecule has 2 heterocycles. The van der Waals surface area contributed by atoms with Gasteiger partial charge in [-0.2, -0.15) is 0 Å². The quantitative estimate of drug-likeness (QED) is 0.377. The first-order valence-corrected chi connectivity index (χ1v) is 12.5. The van der Waals surface area contributed by atoms with Crippen molar-refractivity contribution in [1.29, 1.82) is 0 Å². The first-order chi connectivity index (χ1) is 17.0. The third-order valence-corrected chi connectivity index (χ3v) is 7.41. The average Bonchev–Trinajstić information content (AvgIpc) is 3.26. The van der Waals surface area contributed by atoms with Crippen molar-refractivity contribution in [3.8, 4) is 11.1 Å². The van der Waals surface area contributed by atoms with Crippen molar-refractivity contribution in [2.24, 2.45) is 0 Å². The van der Waals surface area contributed by atoms with E-state index in [0.717, 1.165) is 52.6 Å². The number of nitrogens with zero attached hydrogens (tertiary/aromatic N) is 1. The summed E-state index contributed by atoms with van der Waals surface area (Å²) in [5.41, 5.74) is 3.88. The minimum absolute atomic E-state index is 0.105. The van der Waals surface area contributed by atoms with E-state index < -0.39 is 5.97 Å². The number of hydrogen-bond acceptors (Lipinski definition) is 6. The lowest BCUT2D eigenvalue weighted by molar-refractivity contribution is -0.116. The maximum absolute atomic E-state index is 12.7. The smallest absolute Gasteiger partial charge is 0.337 e. The van der Waals surface area contributed by atoms with Crippen LogP contribution in [0.4, 0.5) is 5.69 Å². The highest BCUT2D eigenvalue weighted by molar-refractivity contribution is 7.18. The first kappa shape index (κ1) is 23.0. The summed E-state index contributed by atoms with van der Waals surface area (Å²) >= 11 is 1.61. The number of benzene rings is 2. The number of rotatable bonds is 6. The second-order valence-corrected chi connectivity index (χ2v) is 9.69. The van der Waals surface area contributed by atoms with Crippen molar-refractivity contribution >= 4 is 39.1 Å². The normalized spacial score (nSPS) is 12.8. The number of carbonyl (C=O) groups excluding carboxylic acids is 2. The Morgan fingerprint density at radius 3 is 2.69 bits per heavy atom. The number of nitrogens with one attached hydrogen (secondary N) is 2. The van der Waals surface area contributed by atoms with E-state index in [-0.39, 0.29) is 17.9 Å². The van der Waals surface area contributed by atoms with Gasteiger partial charge >= 0.3 is 5.97 Å². The molecule has 4 aromatic rings. The summed E-state index contributed by atoms with van der Waals surface area (Å²) in [6.45, 7) is 0. The van der Waals surface area contributed by atoms with Crippen LogP contribution in [0.2, 0.25) is 0 Å². The topological polar surface area (TPSA) is 101 Å². The molecule has 0 saturated carbocycles. The molecule has 0 bridgehead atoms. The Morgan fingerprint density at radius 1 is 1.09 bits per heavy atom. The molecule has 5 rings (SSSR count). The number of fused-ring (bicyclic) bond motifs is 3. The van der Waals surface area contributed by atoms with Gasteiger partial charge in [-0.1, -0.05) is 24.3 Å². The maximum Gasteiger partial charge on any atom is 0.337 e. The van der Waals surface area contributed by atoms with Gasteiger partial charge in [0.2, 0.25) is 5.91 Å². The minimum Gasteiger partial charge on any atom is -0.465 e. The molecule has 0 aliphatic heterocycles. The van der Waals surface area contributed by atoms with Crippen molar-refractivity contribution < 1.29 is 14.3 Å². The molecule has 178 valence electrons. The van der Waals surface area contributed by atoms with Gasteiger partial charge < -0.3 is 15.0 Å². The highest BCUT2D eigenvalue weighted by Gasteiger charge is 2.20. The van der Waals surface area contributed by atoms with Crippen LogP contribution in [0.5, 0.6) is 0 Å². The number of aryl methyl sites for hydroxylation is 3. The summed E-state index contributed by atoms with van der Waals surface area (Å²) in [5, 5.41) is 3.64. The molecule has 35 heavy (non-hydrogen) atoms. The first-order valence-electron chi connectivity index (χ1n) is 11.6. The number of carbonyl (C=O) groups is 2. The molecule has 0 saturated heterocycles. The zero-order valence-electron chi connectivity index (χ0n) is 19.3. The van der Waals surface area contributed by atoms with E-state index in [1.165, 1.54) is 12.0 Å². The standard InChI is InChI=1S/C27H25N3O4S/c1-34-27(33)18-8-4-6-16(14-18)17-7-5-9-19(15-17)28-23(31)13-12-22-29-25(32)24-20-10-2-3-11-21(20)35-26(24)30-22/h4-9,14-15H,2-3,10-13H2,1H3,(H,28,31)(H,29,30,32). The third kappa shape index (κ3) is 4.88. The number of hydrogen-bond donors (Lipinski definition) is 2. The van der Waals surface area contributed by atoms with Crippen LogP contribution < -0.4 is 10.9 Å². The molecular formula is C27H25N3O4S. The largest absolute Gasteiger partial charge is 0.465 e. The monoisotopic (exact) mass is 487 g/mol. The number of aromatic amines is 1. The van der Waals surface area contributed by atoms with Crippen LogP contribution in [-0.2, 0) is 28.8 Å². The van der Waals surface area contributed by atoms with Crippen LogP contribution in [0.15, 0.2) is 53.3 Å². The van der Waals surface area contributed by atoms with Crippen molar-refractivity contribution in [3.63, 3.8) is 0 Å². The van der Waals surface area contributed by atoms with Gasteiger partial charge in [-0.25, -0.2) is 9.78 Å². The molecule has 0 fully saturated rings. The Labute approximate surface area is 206 Å². The molecule has 8 heteroatoms. The molecule has 0 unspecified atom stereocenters. The van der Waals surface area contributed by atoms with Gasteiger partial charge in [-0.15, -0.1) is 11.3 Å². The minimum atomic E-state index is -0.399. The van der Waals surface area contributed by atoms with Crippen LogP contribution in [0, 0.1) is 0 Å². The lowest BCUT2D eigenvalue weighted by atomic mass is 9.97. The van der Waals surface area contributed by atoms with Crippen LogP contribution in [0.25, 0.3) is 21.3 Å². The molecule has 7 nitrogen and oxygen atoms in total. The van der Waals surface area contributed by atoms with E-state index in [0.29, 0.717) is 23.5 Å². The van der Waals surface area contributed by atoms with E-state index in [1.807, 2.05) is 30.3 Å². The van der Waals surface area contributed by atoms with E-state index in [9.17, 15) is 14.4 Å². The molecule has 1 aliphatic carbocycles. The van der Waals surface area contributed by atoms with Gasteiger partial charge in [0.25, 0.3) is 5.56 Å². The maximum atomic E-state index is 12.7. The van der Waals surface area contributed by atoms with Crippen LogP contribution in [0.3, 0.4) is 0 Å². The Kier molecular flexibility index (Phi) is 6.46.